The maximum absolute atomic E-state index is 13.6. The maximum Gasteiger partial charge on any atom is 0.264 e. The summed E-state index contributed by atoms with van der Waals surface area (Å²) < 4.78 is 47.3. The van der Waals surface area contributed by atoms with Gasteiger partial charge in [0.15, 0.2) is 6.29 Å². The van der Waals surface area contributed by atoms with Crippen LogP contribution in [0.1, 0.15) is 49.9 Å². The molecule has 4 rings (SSSR count). The van der Waals surface area contributed by atoms with Crippen LogP contribution in [-0.2, 0) is 24.3 Å². The van der Waals surface area contributed by atoms with E-state index < -0.39 is 32.2 Å². The molecule has 2 bridgehead atoms. The number of alkyl halides is 1. The first-order valence-corrected chi connectivity index (χ1v) is 17.3. The lowest BCUT2D eigenvalue weighted by Gasteiger charge is -2.48. The van der Waals surface area contributed by atoms with Crippen molar-refractivity contribution in [3.63, 3.8) is 0 Å². The number of carbonyl (C=O) groups excluding carboxylic acids is 2. The van der Waals surface area contributed by atoms with Crippen LogP contribution in [0.15, 0.2) is 55.2 Å². The van der Waals surface area contributed by atoms with Crippen LogP contribution >= 0.6 is 11.6 Å². The van der Waals surface area contributed by atoms with Gasteiger partial charge in [0.05, 0.1) is 16.4 Å². The van der Waals surface area contributed by atoms with Crippen LogP contribution < -0.4 is 14.4 Å². The number of allylic oxidation sites excluding steroid dienone is 2. The molecule has 0 spiro atoms. The van der Waals surface area contributed by atoms with Crippen molar-refractivity contribution in [2.45, 2.75) is 50.4 Å². The average Bonchev–Trinajstić information content (AvgIpc) is 3.15. The van der Waals surface area contributed by atoms with Gasteiger partial charge in [-0.3, -0.25) is 9.59 Å². The van der Waals surface area contributed by atoms with Gasteiger partial charge < -0.3 is 19.1 Å². The van der Waals surface area contributed by atoms with Crippen molar-refractivity contribution in [3.05, 3.63) is 60.7 Å². The number of fused-ring (bicyclic) bond motifs is 2. The number of amides is 1. The molecule has 11 heteroatoms. The zero-order chi connectivity index (χ0) is 32.1. The molecule has 1 aliphatic carbocycles. The Labute approximate surface area is 266 Å². The van der Waals surface area contributed by atoms with Gasteiger partial charge in [0.2, 0.25) is 10.0 Å². The van der Waals surface area contributed by atoms with Crippen LogP contribution in [0, 0.1) is 23.2 Å². The van der Waals surface area contributed by atoms with E-state index in [0.717, 1.165) is 24.7 Å². The third kappa shape index (κ3) is 6.78. The number of nitrogens with one attached hydrogen (secondary N) is 1. The lowest BCUT2D eigenvalue weighted by Crippen LogP contribution is -2.53. The molecule has 1 aromatic rings. The van der Waals surface area contributed by atoms with E-state index >= 15 is 0 Å². The molecule has 1 fully saturated rings. The van der Waals surface area contributed by atoms with Gasteiger partial charge in [-0.15, -0.1) is 11.6 Å². The highest BCUT2D eigenvalue weighted by atomic mass is 35.5. The van der Waals surface area contributed by atoms with Gasteiger partial charge in [-0.05, 0) is 74.3 Å². The number of halogens is 1. The van der Waals surface area contributed by atoms with Gasteiger partial charge in [0.25, 0.3) is 5.91 Å². The molecular formula is C33H45ClN2O7S. The van der Waals surface area contributed by atoms with Crippen molar-refractivity contribution in [1.82, 2.24) is 4.72 Å². The zero-order valence-corrected chi connectivity index (χ0v) is 27.5. The number of ether oxygens (including phenoxy) is 3. The molecule has 0 aromatic heterocycles. The number of benzene rings is 1. The second kappa shape index (κ2) is 14.2. The first kappa shape index (κ1) is 34.2. The normalized spacial score (nSPS) is 32.5. The molecule has 2 aliphatic heterocycles. The molecule has 1 N–H and O–H groups in total. The quantitative estimate of drug-likeness (QED) is 0.174. The van der Waals surface area contributed by atoms with E-state index in [2.05, 4.69) is 22.8 Å². The Morgan fingerprint density at radius 3 is 2.70 bits per heavy atom. The van der Waals surface area contributed by atoms with Crippen molar-refractivity contribution in [1.29, 1.82) is 0 Å². The monoisotopic (exact) mass is 648 g/mol. The highest BCUT2D eigenvalue weighted by molar-refractivity contribution is 7.90. The Hall–Kier alpha value is -2.66. The molecule has 1 amide bonds. The number of aldehydes is 1. The minimum Gasteiger partial charge on any atom is -0.490 e. The van der Waals surface area contributed by atoms with Crippen LogP contribution in [0.25, 0.3) is 0 Å². The third-order valence-electron chi connectivity index (χ3n) is 9.53. The first-order chi connectivity index (χ1) is 21.0. The van der Waals surface area contributed by atoms with Gasteiger partial charge in [-0.1, -0.05) is 32.2 Å². The van der Waals surface area contributed by atoms with E-state index in [1.165, 1.54) is 7.11 Å². The van der Waals surface area contributed by atoms with Crippen molar-refractivity contribution in [2.75, 3.05) is 50.8 Å². The molecule has 6 atom stereocenters. The van der Waals surface area contributed by atoms with Crippen molar-refractivity contribution >= 4 is 39.5 Å². The van der Waals surface area contributed by atoms with E-state index in [0.29, 0.717) is 37.6 Å². The standard InChI is InChI=1S/C33H45ClN2O7S/c1-6-24(4)32(19-34)20-36-18-26-10-12-27(26)33(21-37,43-7-2)15-8-9-23(3)30(14-16-41-5)44(39,40)35-31(38)25-11-13-29(42-22-32)28(36)17-25/h6,8,11,13,15,17,21,23,26-27,30H,1,4,7,9-10,12,14,16,18-20,22H2,2-3,5H3,(H,35,38)/b15-8+/t23-,26-,27+,30+,32-,33-/m0/s1. The van der Waals surface area contributed by atoms with E-state index in [1.54, 1.807) is 24.3 Å². The minimum absolute atomic E-state index is 0.0880. The summed E-state index contributed by atoms with van der Waals surface area (Å²) in [5.74, 6) is -0.331. The predicted molar refractivity (Wildman–Crippen MR) is 173 cm³/mol. The van der Waals surface area contributed by atoms with Crippen LogP contribution in [0.4, 0.5) is 5.69 Å². The van der Waals surface area contributed by atoms with E-state index in [1.807, 2.05) is 26.0 Å². The van der Waals surface area contributed by atoms with Crippen molar-refractivity contribution in [2.24, 2.45) is 23.2 Å². The van der Waals surface area contributed by atoms with Crippen LogP contribution in [-0.4, -0.2) is 77.4 Å². The minimum atomic E-state index is -4.10. The maximum atomic E-state index is 13.6. The fraction of sp³-hybridized carbons (Fsp3) is 0.576. The summed E-state index contributed by atoms with van der Waals surface area (Å²) in [5, 5.41) is -0.909. The summed E-state index contributed by atoms with van der Waals surface area (Å²) in [5.41, 5.74) is -0.249. The van der Waals surface area contributed by atoms with Crippen molar-refractivity contribution < 1.29 is 32.2 Å². The summed E-state index contributed by atoms with van der Waals surface area (Å²) in [7, 11) is -2.59. The molecule has 9 nitrogen and oxygen atoms in total. The van der Waals surface area contributed by atoms with Gasteiger partial charge in [0, 0.05) is 50.8 Å². The fourth-order valence-electron chi connectivity index (χ4n) is 6.70. The molecule has 1 saturated carbocycles. The summed E-state index contributed by atoms with van der Waals surface area (Å²) in [6, 6.07) is 4.93. The zero-order valence-electron chi connectivity index (χ0n) is 25.9. The van der Waals surface area contributed by atoms with E-state index in [4.69, 9.17) is 25.8 Å². The Kier molecular flexibility index (Phi) is 11.0. The molecule has 242 valence electrons. The van der Waals surface area contributed by atoms with Crippen LogP contribution in [0.5, 0.6) is 5.75 Å². The number of rotatable bonds is 9. The average molecular weight is 649 g/mol. The molecule has 2 heterocycles. The molecule has 0 unspecified atom stereocenters. The number of nitrogens with zero attached hydrogens (tertiary/aromatic N) is 1. The first-order valence-electron chi connectivity index (χ1n) is 15.2. The number of carbonyl (C=O) groups is 2. The van der Waals surface area contributed by atoms with Crippen molar-refractivity contribution in [3.8, 4) is 5.75 Å². The predicted octanol–water partition coefficient (Wildman–Crippen LogP) is 4.91. The number of anilines is 1. The summed E-state index contributed by atoms with van der Waals surface area (Å²) in [6.07, 6.45) is 8.48. The molecular weight excluding hydrogens is 604 g/mol. The van der Waals surface area contributed by atoms with Gasteiger partial charge >= 0.3 is 0 Å². The third-order valence-corrected chi connectivity index (χ3v) is 12.0. The van der Waals surface area contributed by atoms with E-state index in [9.17, 15) is 18.0 Å². The largest absolute Gasteiger partial charge is 0.490 e. The Bertz CT molecular complexity index is 1380. The second-order valence-corrected chi connectivity index (χ2v) is 14.4. The molecule has 1 aromatic carbocycles. The smallest absolute Gasteiger partial charge is 0.264 e. The fourth-order valence-corrected chi connectivity index (χ4v) is 8.69. The lowest BCUT2D eigenvalue weighted by molar-refractivity contribution is -0.140. The van der Waals surface area contributed by atoms with Crippen LogP contribution in [0.2, 0.25) is 0 Å². The molecule has 44 heavy (non-hydrogen) atoms. The molecule has 3 aliphatic rings. The number of hydrogen-bond donors (Lipinski definition) is 1. The summed E-state index contributed by atoms with van der Waals surface area (Å²) in [4.78, 5) is 28.4. The van der Waals surface area contributed by atoms with E-state index in [-0.39, 0.29) is 48.8 Å². The topological polar surface area (TPSA) is 111 Å². The Morgan fingerprint density at radius 1 is 1.32 bits per heavy atom. The lowest BCUT2D eigenvalue weighted by atomic mass is 9.64. The van der Waals surface area contributed by atoms with Gasteiger partial charge in [0.1, 0.15) is 18.0 Å². The molecule has 0 saturated heterocycles. The Balaban J connectivity index is 1.86. The molecule has 0 radical (unpaired) electrons. The number of sulfonamides is 1. The number of methoxy groups -OCH3 is 1. The van der Waals surface area contributed by atoms with Crippen LogP contribution in [0.3, 0.4) is 0 Å². The highest BCUT2D eigenvalue weighted by Crippen LogP contribution is 2.47. The number of hydrogen-bond acceptors (Lipinski definition) is 8. The SMILES string of the molecule is C=CC(=C)[C@]1(CCl)COc2ccc3cc2N(C[C@@H]2CC[C@H]2[C@](C=O)(OCC)/C=C/C[C@H](C)[C@@H](CCOC)S(=O)(=O)NC3=O)C1. The Morgan fingerprint density at radius 2 is 2.09 bits per heavy atom. The highest BCUT2D eigenvalue weighted by Gasteiger charge is 2.49. The summed E-state index contributed by atoms with van der Waals surface area (Å²) >= 11 is 6.59. The van der Waals surface area contributed by atoms with Gasteiger partial charge in [-0.25, -0.2) is 13.1 Å². The van der Waals surface area contributed by atoms with Gasteiger partial charge in [-0.2, -0.15) is 0 Å². The second-order valence-electron chi connectivity index (χ2n) is 12.3. The summed E-state index contributed by atoms with van der Waals surface area (Å²) in [6.45, 7) is 13.6.